The van der Waals surface area contributed by atoms with E-state index >= 15 is 0 Å². The van der Waals surface area contributed by atoms with Crippen molar-refractivity contribution in [2.75, 3.05) is 34.5 Å². The normalized spacial score (nSPS) is 12.3. The number of rotatable bonds is 44. The van der Waals surface area contributed by atoms with Crippen LogP contribution in [0.3, 0.4) is 0 Å². The van der Waals surface area contributed by atoms with Gasteiger partial charge in [0.2, 0.25) is 0 Å². The maximum Gasteiger partial charge on any atom is 0.475 e. The Kier molecular flexibility index (Phi) is 44.7. The lowest BCUT2D eigenvalue weighted by Crippen LogP contribution is -2.31. The number of phosphoric ester groups is 1. The van der Waals surface area contributed by atoms with Gasteiger partial charge >= 0.3 is 76.1 Å². The molecule has 12 aromatic rings. The van der Waals surface area contributed by atoms with Crippen LogP contribution in [-0.2, 0) is 131 Å². The Hall–Kier alpha value is -16.0. The fourth-order valence-electron chi connectivity index (χ4n) is 10.0. The zero-order chi connectivity index (χ0) is 104. The lowest BCUT2D eigenvalue weighted by atomic mass is 10.7. The van der Waals surface area contributed by atoms with Gasteiger partial charge in [0.05, 0.1) is 61.6 Å². The molecule has 0 saturated carbocycles. The fraction of sp³-hybridized carbons (Fsp3) is 0.455. The summed E-state index contributed by atoms with van der Waals surface area (Å²) in [6.07, 6.45) is 36.6. The molecular formula is C66H97N48O22PS5. The van der Waals surface area contributed by atoms with Crippen LogP contribution in [0.2, 0.25) is 0 Å². The van der Waals surface area contributed by atoms with E-state index in [-0.39, 0.29) is 72.3 Å². The van der Waals surface area contributed by atoms with Crippen molar-refractivity contribution in [2.24, 2.45) is 0 Å². The fourth-order valence-corrected chi connectivity index (χ4v) is 15.6. The third kappa shape index (κ3) is 33.7. The first kappa shape index (κ1) is 113. The average Bonchev–Trinajstić information content (AvgIpc) is 1.65. The van der Waals surface area contributed by atoms with Gasteiger partial charge in [0.15, 0.2) is 44.9 Å². The van der Waals surface area contributed by atoms with Crippen molar-refractivity contribution >= 4 is 135 Å². The van der Waals surface area contributed by atoms with Crippen LogP contribution in [0.5, 0.6) is 0 Å². The molecule has 76 heteroatoms. The maximum absolute atomic E-state index is 12.1. The molecule has 70 nitrogen and oxygen atoms in total. The number of nitrogens with zero attached hydrogens (tertiary/aromatic N) is 48. The minimum atomic E-state index is -4.58. The molecule has 0 atom stereocenters. The number of allylic oxidation sites excluding steroid dienone is 12. The van der Waals surface area contributed by atoms with E-state index in [9.17, 15) is 92.2 Å². The van der Waals surface area contributed by atoms with Gasteiger partial charge in [-0.3, -0.25) is 17.5 Å². The number of aryl methyl sites for hydroxylation is 6. The molecule has 0 aromatic carbocycles. The molecule has 0 unspecified atom stereocenters. The first-order valence-corrected chi connectivity index (χ1v) is 50.3. The van der Waals surface area contributed by atoms with E-state index in [1.807, 2.05) is 0 Å². The second-order valence-electron chi connectivity index (χ2n) is 26.9. The van der Waals surface area contributed by atoms with Gasteiger partial charge in [-0.15, -0.1) is 0 Å². The molecule has 1 N–H and O–H groups in total. The van der Waals surface area contributed by atoms with E-state index < -0.39 is 131 Å². The Labute approximate surface area is 804 Å². The van der Waals surface area contributed by atoms with Gasteiger partial charge < -0.3 is 4.89 Å². The highest BCUT2D eigenvalue weighted by molar-refractivity contribution is 7.99. The summed E-state index contributed by atoms with van der Waals surface area (Å²) in [5.74, 6) is -0.633. The minimum absolute atomic E-state index is 0.126. The maximum atomic E-state index is 12.1. The molecule has 0 spiro atoms. The van der Waals surface area contributed by atoms with Gasteiger partial charge in [-0.1, -0.05) is 72.9 Å². The topological polar surface area (TPSA) is 791 Å². The molecule has 12 heterocycles. The van der Waals surface area contributed by atoms with E-state index in [0.717, 1.165) is 74.9 Å². The SMILES string of the molecule is C/C=C/n1nnn(CCS(=O)(=O)CCn2nnn(/C=C/C)c2=O)c1=O.C/C=C/n1nnn(CCS(=O)CCn2nnn(/C=C/C)c2=O)c1=O.C/C=C/n1nnn(CCSCCn2nnn(/C=C/C)c2=O)c1=O.C/C=C/n1nnn(COP(=O)(O)OCn2nnn(/C=C/C)c2=O)c1=O.C/C=C/n1nnn(CS(=O)(=O)Cn2nnn(/C=C/C)c2=O)c1=O.C/C=C/n1nnn(CS(=O)Cn2nnn(/C=C/C)c2=O)c1=O. The summed E-state index contributed by atoms with van der Waals surface area (Å²) in [6, 6.07) is 0. The van der Waals surface area contributed by atoms with E-state index in [0.29, 0.717) is 43.3 Å². The lowest BCUT2D eigenvalue weighted by Gasteiger charge is -2.10. The monoisotopic (exact) mass is 2100 g/mol. The smallest absolute Gasteiger partial charge is 0.302 e. The van der Waals surface area contributed by atoms with E-state index in [1.165, 1.54) is 80.7 Å². The molecule has 142 heavy (non-hydrogen) atoms. The first-order valence-electron chi connectivity index (χ1n) is 41.0. The molecule has 0 aliphatic rings. The van der Waals surface area contributed by atoms with Gasteiger partial charge in [0, 0.05) is 108 Å². The lowest BCUT2D eigenvalue weighted by molar-refractivity contribution is 0.0842. The van der Waals surface area contributed by atoms with Gasteiger partial charge in [-0.05, 0) is 208 Å². The Morgan fingerprint density at radius 2 is 0.444 bits per heavy atom. The average molecular weight is 2110 g/mol. The summed E-state index contributed by atoms with van der Waals surface area (Å²) in [7, 11) is -14.8. The van der Waals surface area contributed by atoms with E-state index in [2.05, 4.69) is 134 Å². The number of aromatic nitrogens is 48. The number of hydrogen-bond donors (Lipinski definition) is 1. The minimum Gasteiger partial charge on any atom is -0.302 e. The van der Waals surface area contributed by atoms with Crippen LogP contribution in [0.25, 0.3) is 74.4 Å². The van der Waals surface area contributed by atoms with Crippen LogP contribution in [0.1, 0.15) is 83.1 Å². The Balaban J connectivity index is 0.000000231. The van der Waals surface area contributed by atoms with Gasteiger partial charge in [0.25, 0.3) is 0 Å². The number of tetrazole rings is 12. The predicted octanol–water partition coefficient (Wildman–Crippen LogP) is -7.81. The van der Waals surface area contributed by atoms with E-state index in [1.54, 1.807) is 180 Å². The van der Waals surface area contributed by atoms with Crippen LogP contribution in [0.15, 0.2) is 130 Å². The van der Waals surface area contributed by atoms with Crippen molar-refractivity contribution < 1.29 is 43.8 Å². The van der Waals surface area contributed by atoms with Crippen molar-refractivity contribution in [2.45, 2.75) is 159 Å². The van der Waals surface area contributed by atoms with Gasteiger partial charge in [-0.25, -0.2) is 78.9 Å². The Morgan fingerprint density at radius 1 is 0.261 bits per heavy atom. The van der Waals surface area contributed by atoms with Crippen molar-refractivity contribution in [3.63, 3.8) is 0 Å². The van der Waals surface area contributed by atoms with Crippen molar-refractivity contribution in [3.8, 4) is 0 Å². The quantitative estimate of drug-likeness (QED) is 0.0274. The molecule has 0 fully saturated rings. The van der Waals surface area contributed by atoms with Crippen LogP contribution in [0.4, 0.5) is 0 Å². The van der Waals surface area contributed by atoms with Gasteiger partial charge in [0.1, 0.15) is 11.8 Å². The molecule has 0 radical (unpaired) electrons. The van der Waals surface area contributed by atoms with Crippen molar-refractivity contribution in [1.29, 1.82) is 0 Å². The standard InChI is InChI=1S/C12H18N8O4S.C12H18N8O3S.C12H18N8O2S.C10H15N8O6P.C10H14N8O4S.C10H14N8O3S/c1-3-5-17-11(21)19(15-13-17)7-9-25(23,24)10-8-20-12(22)18(6-4-2)14-16-20;1-3-5-17-11(21)19(15-13-17)7-9-24(23)10-8-20-12(22)18(6-4-2)14-16-20;1-3-5-17-11(21)19(15-13-17)7-9-23-10-8-20-12(22)18(6-4-2)14-16-20;1-3-5-15-9(19)17(13-11-15)7-23-25(21,22)24-8-18-10(20)16(6-4-2)12-14-18;1-3-5-15-9(19)17(13-11-15)7-23(21,22)8-18-10(20)16(6-4-2)12-14-18;1-3-5-15-9(19)17(13-11-15)7-22(21)8-18-10(20)16(6-4-2)12-14-18/h3-6H,7-10H2,1-2H3;3-6H,7-10H2,1-2H3;3-6H,7-10H2,1-2H3;3-6H,7-8H2,1-2H3,(H,21,22);3-6H,7-8H2,1-2H3;3-6H,7-8H2,1-2H3/b6*5-3+,6-4+. The highest BCUT2D eigenvalue weighted by Crippen LogP contribution is 2.43. The summed E-state index contributed by atoms with van der Waals surface area (Å²) in [5.41, 5.74) is -6.19. The van der Waals surface area contributed by atoms with Crippen molar-refractivity contribution in [1.82, 2.24) is 237 Å². The molecule has 0 bridgehead atoms. The predicted molar refractivity (Wildman–Crippen MR) is 506 cm³/mol. The molecular weight excluding hydrogens is 2010 g/mol. The summed E-state index contributed by atoms with van der Waals surface area (Å²) in [5, 5.41) is 86.4. The molecule has 12 rings (SSSR count). The zero-order valence-corrected chi connectivity index (χ0v) is 82.5. The molecule has 0 amide bonds. The largest absolute Gasteiger partial charge is 0.475 e. The molecule has 0 aliphatic carbocycles. The zero-order valence-electron chi connectivity index (χ0n) is 77.6. The molecule has 0 saturated heterocycles. The van der Waals surface area contributed by atoms with Crippen molar-refractivity contribution in [3.05, 3.63) is 199 Å². The number of hydrogen-bond acceptors (Lipinski definition) is 46. The summed E-state index contributed by atoms with van der Waals surface area (Å²) in [4.78, 5) is 151. The van der Waals surface area contributed by atoms with Crippen LogP contribution < -0.4 is 68.3 Å². The second-order valence-corrected chi connectivity index (χ2v) is 37.0. The Bertz CT molecular complexity index is 7280. The third-order valence-electron chi connectivity index (χ3n) is 16.5. The number of phosphoric acid groups is 1. The van der Waals surface area contributed by atoms with Crippen LogP contribution >= 0.6 is 19.6 Å². The molecule has 0 aliphatic heterocycles. The van der Waals surface area contributed by atoms with Crippen LogP contribution in [0, 0.1) is 0 Å². The number of thioether (sulfide) groups is 1. The first-order chi connectivity index (χ1) is 67.9. The summed E-state index contributed by atoms with van der Waals surface area (Å²) in [6.45, 7) is 20.4. The molecule has 768 valence electrons. The highest BCUT2D eigenvalue weighted by atomic mass is 32.2. The highest BCUT2D eigenvalue weighted by Gasteiger charge is 2.26. The summed E-state index contributed by atoms with van der Waals surface area (Å²) >= 11 is 1.60. The molecule has 12 aromatic heterocycles. The Morgan fingerprint density at radius 3 is 0.676 bits per heavy atom. The van der Waals surface area contributed by atoms with Crippen LogP contribution in [-0.4, -0.2) is 302 Å². The number of sulfone groups is 2. The van der Waals surface area contributed by atoms with E-state index in [4.69, 9.17) is 0 Å². The summed E-state index contributed by atoms with van der Waals surface area (Å²) < 4.78 is 117. The second kappa shape index (κ2) is 56.1. The van der Waals surface area contributed by atoms with Gasteiger partial charge in [-0.2, -0.15) is 124 Å². The third-order valence-corrected chi connectivity index (χ3v) is 23.5.